The lowest BCUT2D eigenvalue weighted by Crippen LogP contribution is -2.08. The summed E-state index contributed by atoms with van der Waals surface area (Å²) in [6.07, 6.45) is 2.10. The Bertz CT molecular complexity index is 886. The van der Waals surface area contributed by atoms with Gasteiger partial charge in [-0.1, -0.05) is 48.5 Å². The summed E-state index contributed by atoms with van der Waals surface area (Å²) < 4.78 is 2.07. The molecule has 0 unspecified atom stereocenters. The van der Waals surface area contributed by atoms with Crippen molar-refractivity contribution in [1.82, 2.24) is 20.0 Å². The zero-order chi connectivity index (χ0) is 18.1. The fourth-order valence-corrected chi connectivity index (χ4v) is 4.50. The molecule has 0 saturated heterocycles. The van der Waals surface area contributed by atoms with Gasteiger partial charge in [-0.15, -0.1) is 5.10 Å². The molecule has 0 amide bonds. The molecular formula is C20H26N4S. The van der Waals surface area contributed by atoms with Gasteiger partial charge in [-0.2, -0.15) is 0 Å². The van der Waals surface area contributed by atoms with Crippen LogP contribution in [-0.2, 0) is 0 Å². The minimum atomic E-state index is 0.382. The molecule has 0 bridgehead atoms. The first-order valence-corrected chi connectivity index (χ1v) is 9.74. The average molecular weight is 355 g/mol. The Morgan fingerprint density at radius 1 is 1.00 bits per heavy atom. The van der Waals surface area contributed by atoms with Gasteiger partial charge in [0, 0.05) is 10.6 Å². The van der Waals surface area contributed by atoms with Crippen molar-refractivity contribution in [3.63, 3.8) is 0 Å². The van der Waals surface area contributed by atoms with Crippen LogP contribution in [0, 0.1) is 27.7 Å². The summed E-state index contributed by atoms with van der Waals surface area (Å²) >= 11 is 1.71. The van der Waals surface area contributed by atoms with Gasteiger partial charge in [0.2, 0.25) is 0 Å². The van der Waals surface area contributed by atoms with Gasteiger partial charge in [-0.05, 0) is 57.7 Å². The molecule has 2 aromatic heterocycles. The Hall–Kier alpha value is -1.88. The molecule has 1 aromatic carbocycles. The zero-order valence-corrected chi connectivity index (χ0v) is 16.7. The molecular weight excluding hydrogens is 328 g/mol. The van der Waals surface area contributed by atoms with E-state index in [2.05, 4.69) is 67.8 Å². The van der Waals surface area contributed by atoms with Gasteiger partial charge in [0.1, 0.15) is 10.5 Å². The number of fused-ring (bicyclic) bond motifs is 1. The van der Waals surface area contributed by atoms with E-state index in [0.29, 0.717) is 6.04 Å². The summed E-state index contributed by atoms with van der Waals surface area (Å²) in [7, 11) is 0. The van der Waals surface area contributed by atoms with E-state index < -0.39 is 0 Å². The summed E-state index contributed by atoms with van der Waals surface area (Å²) in [5, 5.41) is 9.88. The zero-order valence-electron chi connectivity index (χ0n) is 15.9. The van der Waals surface area contributed by atoms with E-state index in [4.69, 9.17) is 4.98 Å². The smallest absolute Gasteiger partial charge is 0.145 e. The van der Waals surface area contributed by atoms with Crippen molar-refractivity contribution in [2.24, 2.45) is 0 Å². The monoisotopic (exact) mass is 354 g/mol. The highest BCUT2D eigenvalue weighted by atomic mass is 32.2. The van der Waals surface area contributed by atoms with E-state index in [1.807, 2.05) is 6.92 Å². The Morgan fingerprint density at radius 3 is 2.24 bits per heavy atom. The highest BCUT2D eigenvalue weighted by Gasteiger charge is 2.18. The number of rotatable bonds is 5. The van der Waals surface area contributed by atoms with E-state index >= 15 is 0 Å². The molecule has 5 heteroatoms. The number of benzene rings is 1. The summed E-state index contributed by atoms with van der Waals surface area (Å²) in [5.74, 6) is 0. The van der Waals surface area contributed by atoms with E-state index in [1.165, 1.54) is 21.6 Å². The quantitative estimate of drug-likeness (QED) is 0.600. The first-order chi connectivity index (χ1) is 11.9. The third kappa shape index (κ3) is 3.43. The Morgan fingerprint density at radius 2 is 1.64 bits per heavy atom. The SMILES string of the molecule is CCC(CC)n1nnc2c(Sc3c(C)cc(C)cc3C)nc(C)cc21. The third-order valence-corrected chi connectivity index (χ3v) is 5.97. The van der Waals surface area contributed by atoms with Crippen LogP contribution in [0.25, 0.3) is 11.0 Å². The fraction of sp³-hybridized carbons (Fsp3) is 0.450. The second kappa shape index (κ2) is 7.16. The largest absolute Gasteiger partial charge is 0.244 e. The molecule has 0 aliphatic rings. The Kier molecular flexibility index (Phi) is 5.13. The van der Waals surface area contributed by atoms with Gasteiger partial charge in [-0.3, -0.25) is 0 Å². The van der Waals surface area contributed by atoms with Gasteiger partial charge in [0.15, 0.2) is 0 Å². The summed E-state index contributed by atoms with van der Waals surface area (Å²) in [4.78, 5) is 6.04. The normalized spacial score (nSPS) is 11.6. The van der Waals surface area contributed by atoms with Crippen LogP contribution in [0.1, 0.15) is 55.1 Å². The molecule has 0 aliphatic heterocycles. The van der Waals surface area contributed by atoms with Crippen LogP contribution in [0.15, 0.2) is 28.1 Å². The number of aromatic nitrogens is 4. The molecule has 4 nitrogen and oxygen atoms in total. The first kappa shape index (κ1) is 17.9. The molecule has 25 heavy (non-hydrogen) atoms. The molecule has 3 aromatic rings. The first-order valence-electron chi connectivity index (χ1n) is 8.92. The number of pyridine rings is 1. The molecule has 0 saturated carbocycles. The van der Waals surface area contributed by atoms with E-state index in [-0.39, 0.29) is 0 Å². The lowest BCUT2D eigenvalue weighted by molar-refractivity contribution is 0.430. The molecule has 0 radical (unpaired) electrons. The molecule has 0 spiro atoms. The van der Waals surface area contributed by atoms with Gasteiger partial charge >= 0.3 is 0 Å². The predicted octanol–water partition coefficient (Wildman–Crippen LogP) is 5.57. The van der Waals surface area contributed by atoms with E-state index in [9.17, 15) is 0 Å². The maximum atomic E-state index is 4.77. The van der Waals surface area contributed by atoms with Crippen LogP contribution >= 0.6 is 11.8 Å². The minimum absolute atomic E-state index is 0.382. The average Bonchev–Trinajstić information content (AvgIpc) is 2.96. The molecule has 3 rings (SSSR count). The highest BCUT2D eigenvalue weighted by Crippen LogP contribution is 2.36. The van der Waals surface area contributed by atoms with Gasteiger partial charge in [0.25, 0.3) is 0 Å². The van der Waals surface area contributed by atoms with Crippen molar-refractivity contribution in [2.45, 2.75) is 70.3 Å². The minimum Gasteiger partial charge on any atom is -0.244 e. The Balaban J connectivity index is 2.12. The second-order valence-electron chi connectivity index (χ2n) is 6.77. The van der Waals surface area contributed by atoms with Crippen molar-refractivity contribution in [1.29, 1.82) is 0 Å². The maximum absolute atomic E-state index is 4.77. The molecule has 0 atom stereocenters. The number of hydrogen-bond acceptors (Lipinski definition) is 4. The van der Waals surface area contributed by atoms with Crippen LogP contribution in [0.3, 0.4) is 0 Å². The van der Waals surface area contributed by atoms with Crippen LogP contribution in [0.2, 0.25) is 0 Å². The van der Waals surface area contributed by atoms with Crippen molar-refractivity contribution < 1.29 is 0 Å². The van der Waals surface area contributed by atoms with Gasteiger partial charge in [0.05, 0.1) is 11.6 Å². The van der Waals surface area contributed by atoms with Crippen LogP contribution < -0.4 is 0 Å². The van der Waals surface area contributed by atoms with Crippen LogP contribution in [-0.4, -0.2) is 20.0 Å². The summed E-state index contributed by atoms with van der Waals surface area (Å²) in [6.45, 7) is 12.9. The maximum Gasteiger partial charge on any atom is 0.145 e. The van der Waals surface area contributed by atoms with Crippen molar-refractivity contribution >= 4 is 22.8 Å². The van der Waals surface area contributed by atoms with Crippen LogP contribution in [0.5, 0.6) is 0 Å². The molecule has 0 fully saturated rings. The van der Waals surface area contributed by atoms with E-state index in [0.717, 1.165) is 34.6 Å². The van der Waals surface area contributed by atoms with Gasteiger partial charge < -0.3 is 0 Å². The van der Waals surface area contributed by atoms with Gasteiger partial charge in [-0.25, -0.2) is 9.67 Å². The van der Waals surface area contributed by atoms with Crippen molar-refractivity contribution in [2.75, 3.05) is 0 Å². The second-order valence-corrected chi connectivity index (χ2v) is 7.77. The topological polar surface area (TPSA) is 43.6 Å². The molecule has 2 heterocycles. The molecule has 0 aliphatic carbocycles. The predicted molar refractivity (Wildman–Crippen MR) is 104 cm³/mol. The Labute approximate surface area is 154 Å². The highest BCUT2D eigenvalue weighted by molar-refractivity contribution is 7.99. The molecule has 132 valence electrons. The number of aryl methyl sites for hydroxylation is 4. The fourth-order valence-electron chi connectivity index (χ4n) is 3.43. The van der Waals surface area contributed by atoms with Crippen molar-refractivity contribution in [3.05, 3.63) is 40.6 Å². The van der Waals surface area contributed by atoms with Crippen molar-refractivity contribution in [3.8, 4) is 0 Å². The number of nitrogens with zero attached hydrogens (tertiary/aromatic N) is 4. The lowest BCUT2D eigenvalue weighted by Gasteiger charge is -2.14. The standard InChI is InChI=1S/C20H26N4S/c1-7-16(8-2)24-17-11-15(6)21-20(18(17)22-23-24)25-19-13(4)9-12(3)10-14(19)5/h9-11,16H,7-8H2,1-6H3. The third-order valence-electron chi connectivity index (χ3n) is 4.65. The lowest BCUT2D eigenvalue weighted by atomic mass is 10.1. The molecule has 0 N–H and O–H groups in total. The summed E-state index contributed by atoms with van der Waals surface area (Å²) in [6, 6.07) is 6.94. The van der Waals surface area contributed by atoms with E-state index in [1.54, 1.807) is 11.8 Å². The number of hydrogen-bond donors (Lipinski definition) is 0. The van der Waals surface area contributed by atoms with Crippen LogP contribution in [0.4, 0.5) is 0 Å². The summed E-state index contributed by atoms with van der Waals surface area (Å²) in [5.41, 5.74) is 6.86.